The van der Waals surface area contributed by atoms with E-state index in [1.807, 2.05) is 33.0 Å². The molecule has 0 saturated heterocycles. The van der Waals surface area contributed by atoms with Gasteiger partial charge in [-0.15, -0.1) is 0 Å². The van der Waals surface area contributed by atoms with Crippen LogP contribution in [0.3, 0.4) is 0 Å². The van der Waals surface area contributed by atoms with Gasteiger partial charge in [0.05, 0.1) is 12.6 Å². The van der Waals surface area contributed by atoms with E-state index in [4.69, 9.17) is 5.73 Å². The molecule has 17 heavy (non-hydrogen) atoms. The summed E-state index contributed by atoms with van der Waals surface area (Å²) in [6.45, 7) is 6.63. The van der Waals surface area contributed by atoms with Gasteiger partial charge in [0.2, 0.25) is 5.91 Å². The van der Waals surface area contributed by atoms with E-state index in [9.17, 15) is 4.79 Å². The Kier molecular flexibility index (Phi) is 5.15. The van der Waals surface area contributed by atoms with Gasteiger partial charge in [-0.25, -0.2) is 0 Å². The Bertz CT molecular complexity index is 336. The van der Waals surface area contributed by atoms with Gasteiger partial charge in [-0.1, -0.05) is 20.3 Å². The van der Waals surface area contributed by atoms with Crippen molar-refractivity contribution in [3.8, 4) is 0 Å². The Morgan fingerprint density at radius 2 is 2.24 bits per heavy atom. The topological polar surface area (TPSA) is 72.9 Å². The molecule has 5 nitrogen and oxygen atoms in total. The molecule has 1 unspecified atom stereocenters. The van der Waals surface area contributed by atoms with Gasteiger partial charge in [-0.05, 0) is 18.9 Å². The minimum absolute atomic E-state index is 0.0255. The molecule has 0 bridgehead atoms. The fraction of sp³-hybridized carbons (Fsp3) is 0.667. The number of carbonyl (C=O) groups excluding carboxylic acids is 1. The average molecular weight is 238 g/mol. The molecule has 1 amide bonds. The summed E-state index contributed by atoms with van der Waals surface area (Å²) in [5.74, 6) is 0.117. The molecular weight excluding hydrogens is 216 g/mol. The van der Waals surface area contributed by atoms with Crippen LogP contribution in [0.25, 0.3) is 0 Å². The van der Waals surface area contributed by atoms with E-state index in [1.54, 1.807) is 10.9 Å². The summed E-state index contributed by atoms with van der Waals surface area (Å²) < 4.78 is 1.79. The number of hydrogen-bond acceptors (Lipinski definition) is 3. The molecule has 1 aromatic heterocycles. The Morgan fingerprint density at radius 3 is 2.76 bits per heavy atom. The average Bonchev–Trinajstić information content (AvgIpc) is 2.79. The zero-order valence-corrected chi connectivity index (χ0v) is 10.8. The van der Waals surface area contributed by atoms with Crippen molar-refractivity contribution >= 4 is 5.91 Å². The summed E-state index contributed by atoms with van der Waals surface area (Å²) in [7, 11) is 0. The lowest BCUT2D eigenvalue weighted by molar-refractivity contribution is -0.124. The predicted octanol–water partition coefficient (Wildman–Crippen LogP) is 0.761. The highest BCUT2D eigenvalue weighted by Crippen LogP contribution is 2.05. The van der Waals surface area contributed by atoms with Crippen LogP contribution < -0.4 is 11.1 Å². The number of nitrogens with one attached hydrogen (secondary N) is 1. The Labute approximate surface area is 102 Å². The van der Waals surface area contributed by atoms with Crippen LogP contribution in [0, 0.1) is 5.92 Å². The highest BCUT2D eigenvalue weighted by molar-refractivity contribution is 5.81. The summed E-state index contributed by atoms with van der Waals surface area (Å²) >= 11 is 0. The maximum Gasteiger partial charge on any atom is 0.237 e. The highest BCUT2D eigenvalue weighted by Gasteiger charge is 2.20. The normalized spacial score (nSPS) is 16.2. The minimum atomic E-state index is -0.430. The lowest BCUT2D eigenvalue weighted by Crippen LogP contribution is -2.48. The van der Waals surface area contributed by atoms with Crippen LogP contribution in [-0.4, -0.2) is 27.8 Å². The number of carbonyl (C=O) groups is 1. The second-order valence-electron chi connectivity index (χ2n) is 4.55. The third-order valence-electron chi connectivity index (χ3n) is 2.97. The number of aromatic nitrogens is 2. The first-order valence-corrected chi connectivity index (χ1v) is 6.08. The molecule has 1 aromatic rings. The number of hydrogen-bond donors (Lipinski definition) is 2. The number of nitrogens with zero attached hydrogens (tertiary/aromatic N) is 2. The third kappa shape index (κ3) is 4.19. The van der Waals surface area contributed by atoms with Gasteiger partial charge < -0.3 is 11.1 Å². The van der Waals surface area contributed by atoms with Crippen LogP contribution in [0.5, 0.6) is 0 Å². The van der Waals surface area contributed by atoms with Gasteiger partial charge in [0.1, 0.15) is 0 Å². The van der Waals surface area contributed by atoms with Crippen molar-refractivity contribution in [3.63, 3.8) is 0 Å². The van der Waals surface area contributed by atoms with Gasteiger partial charge in [0.15, 0.2) is 0 Å². The molecule has 1 rings (SSSR count). The molecule has 3 N–H and O–H groups in total. The van der Waals surface area contributed by atoms with Crippen molar-refractivity contribution in [1.29, 1.82) is 0 Å². The van der Waals surface area contributed by atoms with Crippen LogP contribution >= 0.6 is 0 Å². The van der Waals surface area contributed by atoms with Gasteiger partial charge in [0.25, 0.3) is 0 Å². The van der Waals surface area contributed by atoms with Crippen LogP contribution in [0.15, 0.2) is 18.5 Å². The molecule has 3 atom stereocenters. The molecule has 0 aliphatic heterocycles. The number of rotatable bonds is 6. The van der Waals surface area contributed by atoms with E-state index < -0.39 is 6.04 Å². The van der Waals surface area contributed by atoms with E-state index in [1.165, 1.54) is 0 Å². The summed E-state index contributed by atoms with van der Waals surface area (Å²) in [4.78, 5) is 11.8. The van der Waals surface area contributed by atoms with Crippen molar-refractivity contribution in [1.82, 2.24) is 15.1 Å². The van der Waals surface area contributed by atoms with Gasteiger partial charge >= 0.3 is 0 Å². The van der Waals surface area contributed by atoms with E-state index in [0.717, 1.165) is 6.42 Å². The Morgan fingerprint density at radius 1 is 1.53 bits per heavy atom. The first kappa shape index (κ1) is 13.7. The number of nitrogens with two attached hydrogens (primary N) is 1. The zero-order valence-electron chi connectivity index (χ0n) is 10.8. The second kappa shape index (κ2) is 6.39. The number of amides is 1. The monoisotopic (exact) mass is 238 g/mol. The molecule has 0 aliphatic carbocycles. The lowest BCUT2D eigenvalue weighted by Gasteiger charge is -2.21. The molecule has 5 heteroatoms. The molecule has 1 heterocycles. The molecule has 0 fully saturated rings. The summed E-state index contributed by atoms with van der Waals surface area (Å²) in [6.07, 6.45) is 4.50. The fourth-order valence-corrected chi connectivity index (χ4v) is 1.59. The summed E-state index contributed by atoms with van der Waals surface area (Å²) in [5.41, 5.74) is 5.86. The first-order valence-electron chi connectivity index (χ1n) is 6.08. The van der Waals surface area contributed by atoms with Crippen LogP contribution in [0.2, 0.25) is 0 Å². The highest BCUT2D eigenvalue weighted by atomic mass is 16.2. The Hall–Kier alpha value is -1.36. The van der Waals surface area contributed by atoms with Crippen molar-refractivity contribution in [3.05, 3.63) is 18.5 Å². The van der Waals surface area contributed by atoms with Crippen molar-refractivity contribution in [2.45, 2.75) is 45.8 Å². The maximum atomic E-state index is 11.8. The lowest BCUT2D eigenvalue weighted by atomic mass is 9.99. The molecule has 0 aromatic carbocycles. The molecule has 0 saturated carbocycles. The smallest absolute Gasteiger partial charge is 0.237 e. The molecule has 0 spiro atoms. The maximum absolute atomic E-state index is 11.8. The summed E-state index contributed by atoms with van der Waals surface area (Å²) in [6, 6.07) is 1.46. The van der Waals surface area contributed by atoms with E-state index in [0.29, 0.717) is 6.54 Å². The molecule has 96 valence electrons. The fourth-order valence-electron chi connectivity index (χ4n) is 1.59. The van der Waals surface area contributed by atoms with Crippen LogP contribution in [0.4, 0.5) is 0 Å². The minimum Gasteiger partial charge on any atom is -0.350 e. The summed E-state index contributed by atoms with van der Waals surface area (Å²) in [5, 5.41) is 7.00. The SMILES string of the molecule is CC[C@H](C)[C@H](N)C(=O)NC(C)Cn1cccn1. The quantitative estimate of drug-likeness (QED) is 0.768. The van der Waals surface area contributed by atoms with Crippen molar-refractivity contribution < 1.29 is 4.79 Å². The van der Waals surface area contributed by atoms with E-state index in [-0.39, 0.29) is 17.9 Å². The van der Waals surface area contributed by atoms with Gasteiger partial charge in [0, 0.05) is 18.4 Å². The first-order chi connectivity index (χ1) is 8.04. The third-order valence-corrected chi connectivity index (χ3v) is 2.97. The van der Waals surface area contributed by atoms with E-state index in [2.05, 4.69) is 10.4 Å². The van der Waals surface area contributed by atoms with Gasteiger partial charge in [-0.2, -0.15) is 5.10 Å². The largest absolute Gasteiger partial charge is 0.350 e. The van der Waals surface area contributed by atoms with Crippen molar-refractivity contribution in [2.24, 2.45) is 11.7 Å². The van der Waals surface area contributed by atoms with Gasteiger partial charge in [-0.3, -0.25) is 9.48 Å². The van der Waals surface area contributed by atoms with Crippen LogP contribution in [-0.2, 0) is 11.3 Å². The molecule has 0 aliphatic rings. The zero-order chi connectivity index (χ0) is 12.8. The molecule has 0 radical (unpaired) electrons. The van der Waals surface area contributed by atoms with Crippen molar-refractivity contribution in [2.75, 3.05) is 0 Å². The van der Waals surface area contributed by atoms with E-state index >= 15 is 0 Å². The Balaban J connectivity index is 2.40. The molecular formula is C12H22N4O. The predicted molar refractivity (Wildman–Crippen MR) is 67.3 cm³/mol. The van der Waals surface area contributed by atoms with Crippen LogP contribution in [0.1, 0.15) is 27.2 Å². The second-order valence-corrected chi connectivity index (χ2v) is 4.55. The standard InChI is InChI=1S/C12H22N4O/c1-4-9(2)11(13)12(17)15-10(3)8-16-7-5-6-14-16/h5-7,9-11H,4,8,13H2,1-3H3,(H,15,17)/t9-,10?,11-/m0/s1.